The van der Waals surface area contributed by atoms with Gasteiger partial charge in [0.05, 0.1) is 0 Å². The van der Waals surface area contributed by atoms with Gasteiger partial charge in [-0.15, -0.1) is 0 Å². The molecule has 0 spiro atoms. The predicted molar refractivity (Wildman–Crippen MR) is 65.5 cm³/mol. The standard InChI is InChI=1S/C13H25NO2/c1-5-11-9-7-6-8-10-14(11)12(15)16-13(2,3)4/h11H,5-10H2,1-4H3/t11-/m0/s1. The van der Waals surface area contributed by atoms with E-state index in [0.717, 1.165) is 25.8 Å². The maximum atomic E-state index is 12.0. The normalized spacial score (nSPS) is 22.8. The zero-order valence-corrected chi connectivity index (χ0v) is 11.1. The van der Waals surface area contributed by atoms with Gasteiger partial charge in [-0.05, 0) is 40.0 Å². The van der Waals surface area contributed by atoms with Crippen molar-refractivity contribution >= 4 is 6.09 Å². The summed E-state index contributed by atoms with van der Waals surface area (Å²) in [5.41, 5.74) is -0.387. The molecule has 0 radical (unpaired) electrons. The van der Waals surface area contributed by atoms with Crippen LogP contribution in [0, 0.1) is 0 Å². The summed E-state index contributed by atoms with van der Waals surface area (Å²) in [6.45, 7) is 8.76. The second kappa shape index (κ2) is 5.55. The molecule has 0 aromatic rings. The van der Waals surface area contributed by atoms with E-state index in [1.165, 1.54) is 12.8 Å². The number of hydrogen-bond donors (Lipinski definition) is 0. The molecule has 0 aromatic carbocycles. The first-order valence-corrected chi connectivity index (χ1v) is 6.43. The molecule has 0 aliphatic carbocycles. The Morgan fingerprint density at radius 1 is 1.31 bits per heavy atom. The summed E-state index contributed by atoms with van der Waals surface area (Å²) in [4.78, 5) is 14.0. The molecule has 1 heterocycles. The van der Waals surface area contributed by atoms with Crippen molar-refractivity contribution in [1.82, 2.24) is 4.90 Å². The first-order valence-electron chi connectivity index (χ1n) is 6.43. The summed E-state index contributed by atoms with van der Waals surface area (Å²) < 4.78 is 5.45. The Morgan fingerprint density at radius 2 is 2.00 bits per heavy atom. The highest BCUT2D eigenvalue weighted by Gasteiger charge is 2.28. The highest BCUT2D eigenvalue weighted by atomic mass is 16.6. The fraction of sp³-hybridized carbons (Fsp3) is 0.923. The van der Waals surface area contributed by atoms with Crippen molar-refractivity contribution in [3.05, 3.63) is 0 Å². The maximum absolute atomic E-state index is 12.0. The Balaban J connectivity index is 2.63. The van der Waals surface area contributed by atoms with Gasteiger partial charge in [0.15, 0.2) is 0 Å². The summed E-state index contributed by atoms with van der Waals surface area (Å²) >= 11 is 0. The molecule has 1 aliphatic heterocycles. The summed E-state index contributed by atoms with van der Waals surface area (Å²) in [5.74, 6) is 0. The Labute approximate surface area is 99.1 Å². The van der Waals surface area contributed by atoms with Gasteiger partial charge in [-0.25, -0.2) is 4.79 Å². The summed E-state index contributed by atoms with van der Waals surface area (Å²) in [7, 11) is 0. The van der Waals surface area contributed by atoms with E-state index < -0.39 is 0 Å². The lowest BCUT2D eigenvalue weighted by Crippen LogP contribution is -2.42. The second-order valence-electron chi connectivity index (χ2n) is 5.59. The molecule has 16 heavy (non-hydrogen) atoms. The average molecular weight is 227 g/mol. The van der Waals surface area contributed by atoms with Crippen molar-refractivity contribution in [2.45, 2.75) is 71.4 Å². The fourth-order valence-electron chi connectivity index (χ4n) is 2.16. The monoisotopic (exact) mass is 227 g/mol. The van der Waals surface area contributed by atoms with Crippen LogP contribution in [0.1, 0.15) is 59.8 Å². The van der Waals surface area contributed by atoms with E-state index in [9.17, 15) is 4.79 Å². The van der Waals surface area contributed by atoms with Crippen LogP contribution in [0.3, 0.4) is 0 Å². The highest BCUT2D eigenvalue weighted by Crippen LogP contribution is 2.21. The minimum atomic E-state index is -0.387. The molecule has 0 saturated carbocycles. The molecule has 3 heteroatoms. The Kier molecular flexibility index (Phi) is 4.63. The largest absolute Gasteiger partial charge is 0.444 e. The summed E-state index contributed by atoms with van der Waals surface area (Å²) in [6, 6.07) is 0.373. The van der Waals surface area contributed by atoms with Gasteiger partial charge in [0, 0.05) is 12.6 Å². The summed E-state index contributed by atoms with van der Waals surface area (Å²) in [5, 5.41) is 0. The zero-order chi connectivity index (χ0) is 12.2. The Morgan fingerprint density at radius 3 is 2.56 bits per heavy atom. The van der Waals surface area contributed by atoms with Gasteiger partial charge in [-0.2, -0.15) is 0 Å². The average Bonchev–Trinajstić information content (AvgIpc) is 2.39. The van der Waals surface area contributed by atoms with Gasteiger partial charge in [0.1, 0.15) is 5.60 Å². The number of rotatable bonds is 1. The number of hydrogen-bond acceptors (Lipinski definition) is 2. The molecule has 0 aromatic heterocycles. The van der Waals surface area contributed by atoms with E-state index >= 15 is 0 Å². The van der Waals surface area contributed by atoms with Gasteiger partial charge in [0.25, 0.3) is 0 Å². The number of carbonyl (C=O) groups excluding carboxylic acids is 1. The van der Waals surface area contributed by atoms with Crippen LogP contribution in [0.4, 0.5) is 4.79 Å². The molecule has 1 aliphatic rings. The van der Waals surface area contributed by atoms with Crippen LogP contribution in [0.15, 0.2) is 0 Å². The molecule has 1 atom stereocenters. The fourth-order valence-corrected chi connectivity index (χ4v) is 2.16. The van der Waals surface area contributed by atoms with Gasteiger partial charge in [-0.1, -0.05) is 19.8 Å². The lowest BCUT2D eigenvalue weighted by molar-refractivity contribution is 0.0162. The van der Waals surface area contributed by atoms with Crippen LogP contribution in [-0.2, 0) is 4.74 Å². The topological polar surface area (TPSA) is 29.5 Å². The Hall–Kier alpha value is -0.730. The van der Waals surface area contributed by atoms with Crippen molar-refractivity contribution in [3.8, 4) is 0 Å². The van der Waals surface area contributed by atoms with Gasteiger partial charge in [0.2, 0.25) is 0 Å². The van der Waals surface area contributed by atoms with Crippen LogP contribution in [0.25, 0.3) is 0 Å². The zero-order valence-electron chi connectivity index (χ0n) is 11.1. The third-order valence-electron chi connectivity index (χ3n) is 2.98. The molecule has 3 nitrogen and oxygen atoms in total. The van der Waals surface area contributed by atoms with Crippen molar-refractivity contribution in [3.63, 3.8) is 0 Å². The summed E-state index contributed by atoms with van der Waals surface area (Å²) in [6.07, 6.45) is 5.58. The molecule has 0 bridgehead atoms. The molecule has 1 rings (SSSR count). The van der Waals surface area contributed by atoms with Crippen LogP contribution in [-0.4, -0.2) is 29.2 Å². The third kappa shape index (κ3) is 4.03. The lowest BCUT2D eigenvalue weighted by Gasteiger charge is -2.31. The first kappa shape index (κ1) is 13.3. The van der Waals surface area contributed by atoms with E-state index in [1.807, 2.05) is 25.7 Å². The van der Waals surface area contributed by atoms with Gasteiger partial charge < -0.3 is 9.64 Å². The van der Waals surface area contributed by atoms with Crippen molar-refractivity contribution in [2.24, 2.45) is 0 Å². The van der Waals surface area contributed by atoms with Crippen LogP contribution < -0.4 is 0 Å². The second-order valence-corrected chi connectivity index (χ2v) is 5.59. The van der Waals surface area contributed by atoms with E-state index in [1.54, 1.807) is 0 Å². The molecule has 1 fully saturated rings. The number of ether oxygens (including phenoxy) is 1. The number of amides is 1. The van der Waals surface area contributed by atoms with E-state index in [0.29, 0.717) is 6.04 Å². The van der Waals surface area contributed by atoms with Crippen molar-refractivity contribution in [1.29, 1.82) is 0 Å². The lowest BCUT2D eigenvalue weighted by atomic mass is 10.1. The van der Waals surface area contributed by atoms with Crippen molar-refractivity contribution in [2.75, 3.05) is 6.54 Å². The van der Waals surface area contributed by atoms with Gasteiger partial charge in [-0.3, -0.25) is 0 Å². The SMILES string of the molecule is CC[C@H]1CCCCCN1C(=O)OC(C)(C)C. The van der Waals surface area contributed by atoms with Crippen LogP contribution >= 0.6 is 0 Å². The molecule has 0 unspecified atom stereocenters. The van der Waals surface area contributed by atoms with Crippen LogP contribution in [0.5, 0.6) is 0 Å². The first-order chi connectivity index (χ1) is 7.44. The quantitative estimate of drug-likeness (QED) is 0.685. The maximum Gasteiger partial charge on any atom is 0.410 e. The van der Waals surface area contributed by atoms with E-state index in [4.69, 9.17) is 4.74 Å². The smallest absolute Gasteiger partial charge is 0.410 e. The number of nitrogens with zero attached hydrogens (tertiary/aromatic N) is 1. The molecule has 1 amide bonds. The molecule has 0 N–H and O–H groups in total. The number of carbonyl (C=O) groups is 1. The van der Waals surface area contributed by atoms with Crippen molar-refractivity contribution < 1.29 is 9.53 Å². The minimum Gasteiger partial charge on any atom is -0.444 e. The molecule has 94 valence electrons. The van der Waals surface area contributed by atoms with E-state index in [2.05, 4.69) is 6.92 Å². The molecule has 1 saturated heterocycles. The van der Waals surface area contributed by atoms with Gasteiger partial charge >= 0.3 is 6.09 Å². The molecular formula is C13H25NO2. The Bertz CT molecular complexity index is 233. The van der Waals surface area contributed by atoms with E-state index in [-0.39, 0.29) is 11.7 Å². The number of likely N-dealkylation sites (tertiary alicyclic amines) is 1. The predicted octanol–water partition coefficient (Wildman–Crippen LogP) is 3.58. The minimum absolute atomic E-state index is 0.138. The molecular weight excluding hydrogens is 202 g/mol. The van der Waals surface area contributed by atoms with Crippen LogP contribution in [0.2, 0.25) is 0 Å². The third-order valence-corrected chi connectivity index (χ3v) is 2.98. The highest BCUT2D eigenvalue weighted by molar-refractivity contribution is 5.68.